The van der Waals surface area contributed by atoms with Crippen LogP contribution in [0.4, 0.5) is 5.13 Å². The van der Waals surface area contributed by atoms with E-state index in [1.54, 1.807) is 29.6 Å². The molecule has 9 heteroatoms. The van der Waals surface area contributed by atoms with Crippen LogP contribution in [-0.2, 0) is 35.7 Å². The lowest BCUT2D eigenvalue weighted by molar-refractivity contribution is -0.150. The first-order chi connectivity index (χ1) is 12.9. The zero-order valence-corrected chi connectivity index (χ0v) is 16.1. The van der Waals surface area contributed by atoms with Crippen LogP contribution < -0.4 is 5.32 Å². The number of nitrogens with one attached hydrogen (secondary N) is 1. The van der Waals surface area contributed by atoms with E-state index in [4.69, 9.17) is 16.3 Å². The zero-order valence-electron chi connectivity index (χ0n) is 14.5. The van der Waals surface area contributed by atoms with Gasteiger partial charge in [-0.05, 0) is 30.5 Å². The summed E-state index contributed by atoms with van der Waals surface area (Å²) in [5.74, 6) is -1.33. The van der Waals surface area contributed by atoms with Crippen molar-refractivity contribution >= 4 is 45.9 Å². The van der Waals surface area contributed by atoms with E-state index in [0.29, 0.717) is 28.7 Å². The summed E-state index contributed by atoms with van der Waals surface area (Å²) >= 11 is 7.06. The van der Waals surface area contributed by atoms with E-state index in [2.05, 4.69) is 15.0 Å². The van der Waals surface area contributed by atoms with E-state index in [1.807, 2.05) is 0 Å². The number of benzene rings is 1. The Morgan fingerprint density at radius 2 is 1.96 bits per heavy atom. The van der Waals surface area contributed by atoms with Crippen molar-refractivity contribution in [1.82, 2.24) is 4.98 Å². The van der Waals surface area contributed by atoms with Crippen LogP contribution in [0.25, 0.3) is 0 Å². The second kappa shape index (κ2) is 8.06. The second-order valence-electron chi connectivity index (χ2n) is 6.11. The third kappa shape index (κ3) is 4.64. The Kier molecular flexibility index (Phi) is 5.76. The Labute approximate surface area is 164 Å². The fourth-order valence-electron chi connectivity index (χ4n) is 2.59. The van der Waals surface area contributed by atoms with Crippen LogP contribution >= 0.6 is 22.9 Å². The number of nitrogens with zero attached hydrogens (tertiary/aromatic N) is 1. The lowest BCUT2D eigenvalue weighted by atomic mass is 9.96. The summed E-state index contributed by atoms with van der Waals surface area (Å²) in [6.07, 6.45) is 1.39. The topological polar surface area (TPSA) is 94.6 Å². The summed E-state index contributed by atoms with van der Waals surface area (Å²) in [5, 5.41) is 5.12. The highest BCUT2D eigenvalue weighted by atomic mass is 35.5. The molecule has 0 spiro atoms. The molecule has 3 rings (SSSR count). The highest BCUT2D eigenvalue weighted by molar-refractivity contribution is 7.13. The Balaban J connectivity index is 1.51. The summed E-state index contributed by atoms with van der Waals surface area (Å²) in [6.45, 7) is -0.403. The molecule has 1 aromatic carbocycles. The number of carbonyl (C=O) groups excluding carboxylic acids is 3. The number of anilines is 1. The monoisotopic (exact) mass is 408 g/mol. The number of methoxy groups -OCH3 is 1. The SMILES string of the molecule is COC(=O)Cc1csc(NC(=O)COC(=O)C2(c3ccc(Cl)cc3)CC2)n1. The van der Waals surface area contributed by atoms with E-state index >= 15 is 0 Å². The van der Waals surface area contributed by atoms with Gasteiger partial charge in [-0.2, -0.15) is 0 Å². The smallest absolute Gasteiger partial charge is 0.317 e. The van der Waals surface area contributed by atoms with Crippen LogP contribution in [0, 0.1) is 0 Å². The van der Waals surface area contributed by atoms with Crippen molar-refractivity contribution in [3.05, 3.63) is 45.9 Å². The third-order valence-corrected chi connectivity index (χ3v) is 5.28. The van der Waals surface area contributed by atoms with Gasteiger partial charge in [0.15, 0.2) is 11.7 Å². The number of hydrogen-bond donors (Lipinski definition) is 1. The number of rotatable bonds is 7. The van der Waals surface area contributed by atoms with Crippen LogP contribution in [0.15, 0.2) is 29.6 Å². The first-order valence-corrected chi connectivity index (χ1v) is 9.43. The molecular formula is C18H17ClN2O5S. The molecule has 0 aliphatic heterocycles. The molecule has 1 aliphatic carbocycles. The molecule has 7 nitrogen and oxygen atoms in total. The fourth-order valence-corrected chi connectivity index (χ4v) is 3.45. The molecule has 1 fully saturated rings. The predicted molar refractivity (Wildman–Crippen MR) is 99.8 cm³/mol. The van der Waals surface area contributed by atoms with Crippen molar-refractivity contribution in [3.8, 4) is 0 Å². The number of ether oxygens (including phenoxy) is 2. The Morgan fingerprint density at radius 1 is 1.26 bits per heavy atom. The molecule has 27 heavy (non-hydrogen) atoms. The minimum Gasteiger partial charge on any atom is -0.469 e. The fraction of sp³-hybridized carbons (Fsp3) is 0.333. The molecule has 0 unspecified atom stereocenters. The van der Waals surface area contributed by atoms with Crippen LogP contribution in [-0.4, -0.2) is 36.5 Å². The van der Waals surface area contributed by atoms with Crippen molar-refractivity contribution in [3.63, 3.8) is 0 Å². The van der Waals surface area contributed by atoms with E-state index in [-0.39, 0.29) is 6.42 Å². The first kappa shape index (κ1) is 19.3. The van der Waals surface area contributed by atoms with E-state index in [9.17, 15) is 14.4 Å². The van der Waals surface area contributed by atoms with Crippen molar-refractivity contribution in [2.24, 2.45) is 0 Å². The maximum atomic E-state index is 12.4. The zero-order chi connectivity index (χ0) is 19.4. The van der Waals surface area contributed by atoms with Gasteiger partial charge in [0.1, 0.15) is 0 Å². The van der Waals surface area contributed by atoms with Crippen LogP contribution in [0.1, 0.15) is 24.1 Å². The molecule has 1 amide bonds. The maximum Gasteiger partial charge on any atom is 0.317 e. The van der Waals surface area contributed by atoms with Gasteiger partial charge in [0, 0.05) is 10.4 Å². The van der Waals surface area contributed by atoms with E-state index < -0.39 is 29.9 Å². The number of esters is 2. The van der Waals surface area contributed by atoms with Gasteiger partial charge in [-0.3, -0.25) is 19.7 Å². The number of aromatic nitrogens is 1. The molecule has 0 radical (unpaired) electrons. The normalized spacial score (nSPS) is 14.3. The minimum absolute atomic E-state index is 0.0292. The van der Waals surface area contributed by atoms with Crippen LogP contribution in [0.3, 0.4) is 0 Å². The number of hydrogen-bond acceptors (Lipinski definition) is 7. The standard InChI is InChI=1S/C18H17ClN2O5S/c1-25-15(23)8-13-10-27-17(20-13)21-14(22)9-26-16(24)18(6-7-18)11-2-4-12(19)5-3-11/h2-5,10H,6-9H2,1H3,(H,20,21,22). The van der Waals surface area contributed by atoms with Crippen LogP contribution in [0.2, 0.25) is 5.02 Å². The van der Waals surface area contributed by atoms with Crippen LogP contribution in [0.5, 0.6) is 0 Å². The van der Waals surface area contributed by atoms with Crippen molar-refractivity contribution in [2.75, 3.05) is 19.0 Å². The highest BCUT2D eigenvalue weighted by Gasteiger charge is 2.52. The number of amides is 1. The molecule has 2 aromatic rings. The third-order valence-electron chi connectivity index (χ3n) is 4.22. The lowest BCUT2D eigenvalue weighted by Crippen LogP contribution is -2.28. The summed E-state index contributed by atoms with van der Waals surface area (Å²) in [4.78, 5) is 39.8. The lowest BCUT2D eigenvalue weighted by Gasteiger charge is -2.14. The molecule has 0 saturated heterocycles. The Bertz CT molecular complexity index is 861. The van der Waals surface area contributed by atoms with Gasteiger partial charge < -0.3 is 9.47 Å². The summed E-state index contributed by atoms with van der Waals surface area (Å²) in [5.41, 5.74) is 0.656. The van der Waals surface area contributed by atoms with Crippen molar-refractivity contribution in [1.29, 1.82) is 0 Å². The second-order valence-corrected chi connectivity index (χ2v) is 7.40. The summed E-state index contributed by atoms with van der Waals surface area (Å²) in [7, 11) is 1.29. The van der Waals surface area contributed by atoms with Gasteiger partial charge in [0.25, 0.3) is 5.91 Å². The van der Waals surface area contributed by atoms with Gasteiger partial charge in [-0.1, -0.05) is 23.7 Å². The average molecular weight is 409 g/mol. The largest absolute Gasteiger partial charge is 0.469 e. The molecule has 142 valence electrons. The van der Waals surface area contributed by atoms with Gasteiger partial charge >= 0.3 is 11.9 Å². The maximum absolute atomic E-state index is 12.4. The number of thiazole rings is 1. The molecule has 1 saturated carbocycles. The molecule has 1 aliphatic rings. The number of halogens is 1. The summed E-state index contributed by atoms with van der Waals surface area (Å²) in [6, 6.07) is 7.06. The van der Waals surface area contributed by atoms with Crippen molar-refractivity contribution in [2.45, 2.75) is 24.7 Å². The molecule has 1 heterocycles. The molecule has 1 aromatic heterocycles. The van der Waals surface area contributed by atoms with Gasteiger partial charge in [-0.15, -0.1) is 11.3 Å². The molecular weight excluding hydrogens is 392 g/mol. The molecule has 1 N–H and O–H groups in total. The molecule has 0 atom stereocenters. The predicted octanol–water partition coefficient (Wildman–Crippen LogP) is 2.73. The van der Waals surface area contributed by atoms with Gasteiger partial charge in [0.05, 0.1) is 24.6 Å². The molecule has 0 bridgehead atoms. The Hall–Kier alpha value is -2.45. The van der Waals surface area contributed by atoms with E-state index in [1.165, 1.54) is 18.4 Å². The van der Waals surface area contributed by atoms with Gasteiger partial charge in [0.2, 0.25) is 0 Å². The minimum atomic E-state index is -0.681. The first-order valence-electron chi connectivity index (χ1n) is 8.17. The van der Waals surface area contributed by atoms with Gasteiger partial charge in [-0.25, -0.2) is 4.98 Å². The average Bonchev–Trinajstić information content (AvgIpc) is 3.36. The Morgan fingerprint density at radius 3 is 2.59 bits per heavy atom. The number of carbonyl (C=O) groups is 3. The highest BCUT2D eigenvalue weighted by Crippen LogP contribution is 2.49. The van der Waals surface area contributed by atoms with E-state index in [0.717, 1.165) is 5.56 Å². The summed E-state index contributed by atoms with van der Waals surface area (Å²) < 4.78 is 9.76. The van der Waals surface area contributed by atoms with Crippen molar-refractivity contribution < 1.29 is 23.9 Å². The quantitative estimate of drug-likeness (QED) is 0.708.